The second kappa shape index (κ2) is 7.03. The third-order valence-corrected chi connectivity index (χ3v) is 4.64. The minimum absolute atomic E-state index is 0.294. The minimum atomic E-state index is 0.294. The van der Waals surface area contributed by atoms with Gasteiger partial charge in [-0.3, -0.25) is 0 Å². The third kappa shape index (κ3) is 3.36. The summed E-state index contributed by atoms with van der Waals surface area (Å²) in [4.78, 5) is 3.99. The van der Waals surface area contributed by atoms with Crippen LogP contribution in [0.15, 0.2) is 30.9 Å². The van der Waals surface area contributed by atoms with E-state index in [4.69, 9.17) is 0 Å². The molecule has 0 bridgehead atoms. The number of benzene rings is 1. The van der Waals surface area contributed by atoms with E-state index < -0.39 is 0 Å². The number of hydrogen-bond donors (Lipinski definition) is 2. The molecule has 2 atom stereocenters. The third-order valence-electron chi connectivity index (χ3n) is 4.64. The highest BCUT2D eigenvalue weighted by Gasteiger charge is 2.23. The molecular formula is C17H24N4O. The van der Waals surface area contributed by atoms with Crippen LogP contribution in [0.4, 0.5) is 0 Å². The molecule has 118 valence electrons. The van der Waals surface area contributed by atoms with Gasteiger partial charge < -0.3 is 10.4 Å². The fourth-order valence-electron chi connectivity index (χ4n) is 3.36. The van der Waals surface area contributed by atoms with Crippen molar-refractivity contribution >= 4 is 0 Å². The van der Waals surface area contributed by atoms with Gasteiger partial charge in [0.25, 0.3) is 0 Å². The largest absolute Gasteiger partial charge is 0.396 e. The number of aromatic nitrogens is 3. The Morgan fingerprint density at radius 3 is 2.91 bits per heavy atom. The summed E-state index contributed by atoms with van der Waals surface area (Å²) in [5.74, 6) is 0.407. The zero-order chi connectivity index (χ0) is 15.4. The van der Waals surface area contributed by atoms with Gasteiger partial charge in [0.15, 0.2) is 0 Å². The number of aryl methyl sites for hydroxylation is 1. The van der Waals surface area contributed by atoms with Crippen LogP contribution < -0.4 is 5.32 Å². The highest BCUT2D eigenvalue weighted by atomic mass is 16.3. The van der Waals surface area contributed by atoms with Gasteiger partial charge in [-0.15, -0.1) is 0 Å². The summed E-state index contributed by atoms with van der Waals surface area (Å²) in [5, 5.41) is 17.3. The van der Waals surface area contributed by atoms with E-state index in [1.54, 1.807) is 17.3 Å². The normalized spacial score (nSPS) is 21.9. The van der Waals surface area contributed by atoms with E-state index in [-0.39, 0.29) is 0 Å². The van der Waals surface area contributed by atoms with Gasteiger partial charge in [-0.25, -0.2) is 9.67 Å². The summed E-state index contributed by atoms with van der Waals surface area (Å²) in [6.07, 6.45) is 8.08. The van der Waals surface area contributed by atoms with Crippen LogP contribution in [-0.2, 0) is 6.54 Å². The van der Waals surface area contributed by atoms with Gasteiger partial charge >= 0.3 is 0 Å². The summed E-state index contributed by atoms with van der Waals surface area (Å²) in [5.41, 5.74) is 3.52. The van der Waals surface area contributed by atoms with Crippen LogP contribution in [-0.4, -0.2) is 32.5 Å². The average molecular weight is 300 g/mol. The van der Waals surface area contributed by atoms with Crippen molar-refractivity contribution in [2.45, 2.75) is 45.2 Å². The first kappa shape index (κ1) is 15.2. The molecule has 0 spiro atoms. The second-order valence-electron chi connectivity index (χ2n) is 6.18. The van der Waals surface area contributed by atoms with E-state index in [0.29, 0.717) is 18.6 Å². The quantitative estimate of drug-likeness (QED) is 0.889. The molecule has 5 heteroatoms. The number of rotatable bonds is 5. The first-order valence-electron chi connectivity index (χ1n) is 8.06. The van der Waals surface area contributed by atoms with Crippen molar-refractivity contribution in [3.05, 3.63) is 42.0 Å². The van der Waals surface area contributed by atoms with Crippen LogP contribution in [0.2, 0.25) is 0 Å². The Hall–Kier alpha value is -1.72. The summed E-state index contributed by atoms with van der Waals surface area (Å²) in [7, 11) is 0. The molecule has 0 amide bonds. The van der Waals surface area contributed by atoms with Gasteiger partial charge in [0.2, 0.25) is 0 Å². The van der Waals surface area contributed by atoms with Gasteiger partial charge in [-0.05, 0) is 42.9 Å². The smallest absolute Gasteiger partial charge is 0.138 e. The van der Waals surface area contributed by atoms with Crippen LogP contribution in [0.3, 0.4) is 0 Å². The SMILES string of the molecule is Cc1cc(CNC2CCCCC2CO)ccc1-n1cncn1. The van der Waals surface area contributed by atoms with Crippen LogP contribution >= 0.6 is 0 Å². The maximum absolute atomic E-state index is 9.49. The monoisotopic (exact) mass is 300 g/mol. The lowest BCUT2D eigenvalue weighted by atomic mass is 9.85. The Balaban J connectivity index is 1.64. The standard InChI is InChI=1S/C17H24N4O/c1-13-8-14(6-7-17(13)21-12-18-11-20-21)9-19-16-5-3-2-4-15(16)10-22/h6-8,11-12,15-16,19,22H,2-5,9-10H2,1H3. The zero-order valence-electron chi connectivity index (χ0n) is 13.1. The number of nitrogens with one attached hydrogen (secondary N) is 1. The summed E-state index contributed by atoms with van der Waals surface area (Å²) < 4.78 is 1.79. The Bertz CT molecular complexity index is 597. The highest BCUT2D eigenvalue weighted by molar-refractivity contribution is 5.41. The Kier molecular flexibility index (Phi) is 4.85. The van der Waals surface area contributed by atoms with Gasteiger partial charge in [0.05, 0.1) is 5.69 Å². The number of aliphatic hydroxyl groups is 1. The van der Waals surface area contributed by atoms with Gasteiger partial charge in [0, 0.05) is 19.2 Å². The molecule has 2 N–H and O–H groups in total. The molecule has 0 radical (unpaired) electrons. The molecule has 0 aliphatic heterocycles. The molecule has 0 saturated heterocycles. The first-order valence-corrected chi connectivity index (χ1v) is 8.06. The van der Waals surface area contributed by atoms with Crippen LogP contribution in [0.5, 0.6) is 0 Å². The lowest BCUT2D eigenvalue weighted by molar-refractivity contribution is 0.152. The first-order chi connectivity index (χ1) is 10.8. The molecular weight excluding hydrogens is 276 g/mol. The van der Waals surface area contributed by atoms with Crippen molar-refractivity contribution in [1.29, 1.82) is 0 Å². The number of hydrogen-bond acceptors (Lipinski definition) is 4. The molecule has 1 fully saturated rings. The molecule has 1 saturated carbocycles. The molecule has 3 rings (SSSR count). The maximum atomic E-state index is 9.49. The van der Waals surface area contributed by atoms with Gasteiger partial charge in [-0.2, -0.15) is 5.10 Å². The molecule has 22 heavy (non-hydrogen) atoms. The molecule has 1 aromatic carbocycles. The van der Waals surface area contributed by atoms with E-state index in [2.05, 4.69) is 40.5 Å². The maximum Gasteiger partial charge on any atom is 0.138 e. The van der Waals surface area contributed by atoms with Crippen molar-refractivity contribution in [1.82, 2.24) is 20.1 Å². The molecule has 2 aromatic rings. The molecule has 1 aliphatic carbocycles. The predicted octanol–water partition coefficient (Wildman–Crippen LogP) is 2.22. The van der Waals surface area contributed by atoms with Crippen LogP contribution in [0, 0.1) is 12.8 Å². The topological polar surface area (TPSA) is 63.0 Å². The number of nitrogens with zero attached hydrogens (tertiary/aromatic N) is 3. The fraction of sp³-hybridized carbons (Fsp3) is 0.529. The number of aliphatic hydroxyl groups excluding tert-OH is 1. The Morgan fingerprint density at radius 1 is 1.32 bits per heavy atom. The van der Waals surface area contributed by atoms with Crippen LogP contribution in [0.25, 0.3) is 5.69 Å². The molecule has 1 aliphatic rings. The lowest BCUT2D eigenvalue weighted by Gasteiger charge is -2.31. The minimum Gasteiger partial charge on any atom is -0.396 e. The highest BCUT2D eigenvalue weighted by Crippen LogP contribution is 2.24. The average Bonchev–Trinajstić information content (AvgIpc) is 3.07. The Labute approximate surface area is 131 Å². The van der Waals surface area contributed by atoms with E-state index in [9.17, 15) is 5.11 Å². The zero-order valence-corrected chi connectivity index (χ0v) is 13.1. The van der Waals surface area contributed by atoms with Crippen LogP contribution in [0.1, 0.15) is 36.8 Å². The van der Waals surface area contributed by atoms with Gasteiger partial charge in [0.1, 0.15) is 12.7 Å². The van der Waals surface area contributed by atoms with Crippen molar-refractivity contribution < 1.29 is 5.11 Å². The molecule has 1 heterocycles. The lowest BCUT2D eigenvalue weighted by Crippen LogP contribution is -2.39. The Morgan fingerprint density at radius 2 is 2.18 bits per heavy atom. The van der Waals surface area contributed by atoms with E-state index in [0.717, 1.165) is 18.7 Å². The molecule has 5 nitrogen and oxygen atoms in total. The fourth-order valence-corrected chi connectivity index (χ4v) is 3.36. The van der Waals surface area contributed by atoms with Crippen molar-refractivity contribution in [3.63, 3.8) is 0 Å². The van der Waals surface area contributed by atoms with E-state index in [1.807, 2.05) is 0 Å². The molecule has 2 unspecified atom stereocenters. The summed E-state index contributed by atoms with van der Waals surface area (Å²) in [6.45, 7) is 3.24. The molecule has 1 aromatic heterocycles. The van der Waals surface area contributed by atoms with Crippen molar-refractivity contribution in [2.24, 2.45) is 5.92 Å². The second-order valence-corrected chi connectivity index (χ2v) is 6.18. The summed E-state index contributed by atoms with van der Waals surface area (Å²) in [6, 6.07) is 6.86. The van der Waals surface area contributed by atoms with Crippen molar-refractivity contribution in [2.75, 3.05) is 6.61 Å². The van der Waals surface area contributed by atoms with Crippen molar-refractivity contribution in [3.8, 4) is 5.69 Å². The predicted molar refractivity (Wildman–Crippen MR) is 85.8 cm³/mol. The van der Waals surface area contributed by atoms with E-state index in [1.165, 1.54) is 30.4 Å². The van der Waals surface area contributed by atoms with E-state index >= 15 is 0 Å². The van der Waals surface area contributed by atoms with Gasteiger partial charge in [-0.1, -0.05) is 25.0 Å². The summed E-state index contributed by atoms with van der Waals surface area (Å²) >= 11 is 0.